The van der Waals surface area contributed by atoms with E-state index in [-0.39, 0.29) is 6.04 Å². The van der Waals surface area contributed by atoms with Gasteiger partial charge in [-0.15, -0.1) is 0 Å². The van der Waals surface area contributed by atoms with Crippen LogP contribution in [0.3, 0.4) is 0 Å². The lowest BCUT2D eigenvalue weighted by Gasteiger charge is -2.24. The molecule has 0 saturated heterocycles. The van der Waals surface area contributed by atoms with Crippen LogP contribution in [0.5, 0.6) is 5.75 Å². The molecule has 1 aliphatic heterocycles. The molecule has 1 atom stereocenters. The topological polar surface area (TPSA) is 24.8 Å². The Morgan fingerprint density at radius 2 is 1.57 bits per heavy atom. The summed E-state index contributed by atoms with van der Waals surface area (Å²) in [5.41, 5.74) is 4.41. The predicted molar refractivity (Wildman–Crippen MR) is 122 cm³/mol. The van der Waals surface area contributed by atoms with Gasteiger partial charge in [0.05, 0.1) is 24.0 Å². The van der Waals surface area contributed by atoms with Crippen LogP contribution in [-0.2, 0) is 0 Å². The van der Waals surface area contributed by atoms with Crippen molar-refractivity contribution in [1.29, 1.82) is 0 Å². The van der Waals surface area contributed by atoms with Crippen molar-refractivity contribution in [2.75, 3.05) is 11.6 Å². The van der Waals surface area contributed by atoms with Gasteiger partial charge in [0.25, 0.3) is 0 Å². The van der Waals surface area contributed by atoms with Gasteiger partial charge in [-0.2, -0.15) is 5.10 Å². The van der Waals surface area contributed by atoms with E-state index in [1.807, 2.05) is 25.1 Å². The smallest absolute Gasteiger partial charge is 0.128 e. The standard InChI is InChI=1S/C23H20Br2N2O/c1-2-28-23-6-4-3-5-20(23)21-15-22(16-7-9-17(24)10-8-16)27(26-21)19-13-11-18(25)12-14-19/h3-14,22H,2,15H2,1H3. The summed E-state index contributed by atoms with van der Waals surface area (Å²) in [5, 5.41) is 7.14. The molecule has 1 heterocycles. The molecular weight excluding hydrogens is 480 g/mol. The highest BCUT2D eigenvalue weighted by Gasteiger charge is 2.31. The minimum atomic E-state index is 0.138. The molecule has 0 N–H and O–H groups in total. The second kappa shape index (κ2) is 8.50. The molecule has 1 unspecified atom stereocenters. The third-order valence-corrected chi connectivity index (χ3v) is 5.81. The van der Waals surface area contributed by atoms with E-state index in [9.17, 15) is 0 Å². The van der Waals surface area contributed by atoms with Gasteiger partial charge in [-0.3, -0.25) is 5.01 Å². The first-order valence-electron chi connectivity index (χ1n) is 9.25. The molecule has 0 spiro atoms. The fourth-order valence-electron chi connectivity index (χ4n) is 3.44. The molecule has 0 radical (unpaired) electrons. The number of hydrogen-bond donors (Lipinski definition) is 0. The Morgan fingerprint density at radius 1 is 0.929 bits per heavy atom. The van der Waals surface area contributed by atoms with Crippen molar-refractivity contribution in [2.24, 2.45) is 5.10 Å². The van der Waals surface area contributed by atoms with E-state index >= 15 is 0 Å². The zero-order chi connectivity index (χ0) is 19.5. The normalized spacial score (nSPS) is 16.2. The molecule has 4 rings (SSSR count). The number of rotatable bonds is 5. The summed E-state index contributed by atoms with van der Waals surface area (Å²) in [5.74, 6) is 0.885. The van der Waals surface area contributed by atoms with Crippen LogP contribution in [0.1, 0.15) is 30.5 Å². The Morgan fingerprint density at radius 3 is 2.25 bits per heavy atom. The summed E-state index contributed by atoms with van der Waals surface area (Å²) in [6.45, 7) is 2.64. The predicted octanol–water partition coefficient (Wildman–Crippen LogP) is 6.97. The molecule has 142 valence electrons. The molecule has 1 aliphatic rings. The van der Waals surface area contributed by atoms with Crippen LogP contribution in [0.25, 0.3) is 0 Å². The number of nitrogens with zero attached hydrogens (tertiary/aromatic N) is 2. The van der Waals surface area contributed by atoms with Crippen molar-refractivity contribution in [3.63, 3.8) is 0 Å². The van der Waals surface area contributed by atoms with Crippen LogP contribution in [0.15, 0.2) is 86.8 Å². The number of ether oxygens (including phenoxy) is 1. The van der Waals surface area contributed by atoms with Gasteiger partial charge >= 0.3 is 0 Å². The molecular formula is C23H20Br2N2O. The summed E-state index contributed by atoms with van der Waals surface area (Å²) < 4.78 is 7.98. The first kappa shape index (κ1) is 19.2. The van der Waals surface area contributed by atoms with Crippen molar-refractivity contribution in [3.8, 4) is 5.75 Å². The Hall–Kier alpha value is -2.11. The summed E-state index contributed by atoms with van der Waals surface area (Å²) in [4.78, 5) is 0. The highest BCUT2D eigenvalue weighted by Crippen LogP contribution is 2.38. The van der Waals surface area contributed by atoms with E-state index < -0.39 is 0 Å². The maximum atomic E-state index is 5.85. The maximum absolute atomic E-state index is 5.85. The zero-order valence-electron chi connectivity index (χ0n) is 15.5. The number of halogens is 2. The van der Waals surface area contributed by atoms with E-state index in [0.29, 0.717) is 6.61 Å². The van der Waals surface area contributed by atoms with E-state index in [0.717, 1.165) is 38.1 Å². The molecule has 3 aromatic rings. The average Bonchev–Trinajstić information content (AvgIpc) is 3.15. The average molecular weight is 500 g/mol. The zero-order valence-corrected chi connectivity index (χ0v) is 18.7. The molecule has 0 bridgehead atoms. The number of anilines is 1. The largest absolute Gasteiger partial charge is 0.493 e. The molecule has 3 nitrogen and oxygen atoms in total. The number of para-hydroxylation sites is 1. The van der Waals surface area contributed by atoms with E-state index in [2.05, 4.69) is 91.5 Å². The Bertz CT molecular complexity index is 984. The lowest BCUT2D eigenvalue weighted by atomic mass is 9.98. The van der Waals surface area contributed by atoms with Crippen LogP contribution < -0.4 is 9.75 Å². The van der Waals surface area contributed by atoms with Crippen LogP contribution in [0, 0.1) is 0 Å². The quantitative estimate of drug-likeness (QED) is 0.378. The lowest BCUT2D eigenvalue weighted by molar-refractivity contribution is 0.339. The Labute approximate surface area is 182 Å². The fraction of sp³-hybridized carbons (Fsp3) is 0.174. The van der Waals surface area contributed by atoms with Gasteiger partial charge in [0.15, 0.2) is 0 Å². The minimum absolute atomic E-state index is 0.138. The first-order valence-corrected chi connectivity index (χ1v) is 10.8. The van der Waals surface area contributed by atoms with Gasteiger partial charge in [0, 0.05) is 20.9 Å². The second-order valence-electron chi connectivity index (χ2n) is 6.57. The van der Waals surface area contributed by atoms with Crippen molar-refractivity contribution in [2.45, 2.75) is 19.4 Å². The van der Waals surface area contributed by atoms with Gasteiger partial charge < -0.3 is 4.74 Å². The van der Waals surface area contributed by atoms with E-state index in [1.165, 1.54) is 5.56 Å². The van der Waals surface area contributed by atoms with Crippen molar-refractivity contribution in [1.82, 2.24) is 0 Å². The van der Waals surface area contributed by atoms with Crippen molar-refractivity contribution < 1.29 is 4.74 Å². The molecule has 0 saturated carbocycles. The Kier molecular flexibility index (Phi) is 5.83. The molecule has 0 fully saturated rings. The van der Waals surface area contributed by atoms with E-state index in [1.54, 1.807) is 0 Å². The number of hydrazone groups is 1. The lowest BCUT2D eigenvalue weighted by Crippen LogP contribution is -2.18. The van der Waals surface area contributed by atoms with Crippen LogP contribution >= 0.6 is 31.9 Å². The van der Waals surface area contributed by atoms with Gasteiger partial charge in [-0.25, -0.2) is 0 Å². The van der Waals surface area contributed by atoms with Crippen LogP contribution in [0.4, 0.5) is 5.69 Å². The van der Waals surface area contributed by atoms with Gasteiger partial charge in [-0.1, -0.05) is 56.1 Å². The molecule has 5 heteroatoms. The summed E-state index contributed by atoms with van der Waals surface area (Å²) in [7, 11) is 0. The molecule has 0 amide bonds. The summed E-state index contributed by atoms with van der Waals surface area (Å²) in [6.07, 6.45) is 0.821. The van der Waals surface area contributed by atoms with Gasteiger partial charge in [0.1, 0.15) is 5.75 Å². The Balaban J connectivity index is 1.76. The van der Waals surface area contributed by atoms with Crippen LogP contribution in [-0.4, -0.2) is 12.3 Å². The third-order valence-electron chi connectivity index (χ3n) is 4.75. The number of benzene rings is 3. The van der Waals surface area contributed by atoms with Gasteiger partial charge in [-0.05, 0) is 61.0 Å². The highest BCUT2D eigenvalue weighted by molar-refractivity contribution is 9.10. The van der Waals surface area contributed by atoms with Crippen LogP contribution in [0.2, 0.25) is 0 Å². The molecule has 0 aromatic heterocycles. The fourth-order valence-corrected chi connectivity index (χ4v) is 3.96. The number of hydrogen-bond acceptors (Lipinski definition) is 3. The first-order chi connectivity index (χ1) is 13.7. The summed E-state index contributed by atoms with van der Waals surface area (Å²) in [6, 6.07) is 25.1. The molecule has 28 heavy (non-hydrogen) atoms. The molecule has 3 aromatic carbocycles. The third kappa shape index (κ3) is 4.01. The monoisotopic (exact) mass is 498 g/mol. The maximum Gasteiger partial charge on any atom is 0.128 e. The highest BCUT2D eigenvalue weighted by atomic mass is 79.9. The second-order valence-corrected chi connectivity index (χ2v) is 8.40. The minimum Gasteiger partial charge on any atom is -0.493 e. The SMILES string of the molecule is CCOc1ccccc1C1=NN(c2ccc(Br)cc2)C(c2ccc(Br)cc2)C1. The van der Waals surface area contributed by atoms with Gasteiger partial charge in [0.2, 0.25) is 0 Å². The summed E-state index contributed by atoms with van der Waals surface area (Å²) >= 11 is 7.05. The molecule has 0 aliphatic carbocycles. The van der Waals surface area contributed by atoms with Crippen molar-refractivity contribution >= 4 is 43.3 Å². The van der Waals surface area contributed by atoms with Crippen molar-refractivity contribution in [3.05, 3.63) is 92.9 Å². The van der Waals surface area contributed by atoms with E-state index in [4.69, 9.17) is 9.84 Å².